The Kier molecular flexibility index (Phi) is 7.24. The molecule has 0 bridgehead atoms. The number of amides is 2. The van der Waals surface area contributed by atoms with Gasteiger partial charge in [0.05, 0.1) is 5.41 Å². The first-order chi connectivity index (χ1) is 14.4. The highest BCUT2D eigenvalue weighted by atomic mass is 16.2. The number of aromatic nitrogens is 1. The molecule has 0 unspecified atom stereocenters. The van der Waals surface area contributed by atoms with Crippen LogP contribution in [0, 0.1) is 5.41 Å². The molecule has 0 spiro atoms. The summed E-state index contributed by atoms with van der Waals surface area (Å²) in [5, 5.41) is 3.13. The molecule has 1 atom stereocenters. The number of hydrogen-bond donors (Lipinski definition) is 1. The van der Waals surface area contributed by atoms with Crippen molar-refractivity contribution in [3.05, 3.63) is 54.4 Å². The smallest absolute Gasteiger partial charge is 0.228 e. The Morgan fingerprint density at radius 3 is 2.63 bits per heavy atom. The Morgan fingerprint density at radius 1 is 1.17 bits per heavy atom. The van der Waals surface area contributed by atoms with E-state index in [1.54, 1.807) is 12.4 Å². The summed E-state index contributed by atoms with van der Waals surface area (Å²) in [6.45, 7) is 7.22. The van der Waals surface area contributed by atoms with Gasteiger partial charge in [0.15, 0.2) is 0 Å². The Balaban J connectivity index is 1.90. The third-order valence-corrected chi connectivity index (χ3v) is 5.78. The number of benzene rings is 1. The van der Waals surface area contributed by atoms with Crippen molar-refractivity contribution in [2.24, 2.45) is 5.41 Å². The van der Waals surface area contributed by atoms with Crippen LogP contribution in [0.25, 0.3) is 11.1 Å². The van der Waals surface area contributed by atoms with Crippen LogP contribution >= 0.6 is 0 Å². The summed E-state index contributed by atoms with van der Waals surface area (Å²) in [7, 11) is 0. The van der Waals surface area contributed by atoms with Crippen LogP contribution in [0.3, 0.4) is 0 Å². The molecule has 0 saturated carbocycles. The maximum atomic E-state index is 13.4. The molecule has 1 saturated heterocycles. The van der Waals surface area contributed by atoms with E-state index in [1.165, 1.54) is 0 Å². The van der Waals surface area contributed by atoms with Gasteiger partial charge in [0.1, 0.15) is 0 Å². The quantitative estimate of drug-likeness (QED) is 0.747. The van der Waals surface area contributed by atoms with E-state index < -0.39 is 5.41 Å². The molecule has 1 aromatic heterocycles. The van der Waals surface area contributed by atoms with Crippen LogP contribution in [0.4, 0.5) is 0 Å². The van der Waals surface area contributed by atoms with Crippen LogP contribution < -0.4 is 5.32 Å². The van der Waals surface area contributed by atoms with Gasteiger partial charge in [0, 0.05) is 37.9 Å². The third-order valence-electron chi connectivity index (χ3n) is 5.78. The molecule has 5 heteroatoms. The first-order valence-corrected chi connectivity index (χ1v) is 11.0. The topological polar surface area (TPSA) is 62.3 Å². The monoisotopic (exact) mass is 407 g/mol. The number of nitrogens with zero attached hydrogens (tertiary/aromatic N) is 2. The first-order valence-electron chi connectivity index (χ1n) is 11.0. The zero-order valence-electron chi connectivity index (χ0n) is 18.4. The number of pyridine rings is 1. The van der Waals surface area contributed by atoms with Crippen LogP contribution in [0.2, 0.25) is 0 Å². The molecule has 1 aliphatic heterocycles. The van der Waals surface area contributed by atoms with E-state index in [0.717, 1.165) is 42.5 Å². The van der Waals surface area contributed by atoms with Crippen LogP contribution in [-0.2, 0) is 16.0 Å². The number of carbonyl (C=O) groups is 2. The third kappa shape index (κ3) is 5.26. The van der Waals surface area contributed by atoms with Gasteiger partial charge in [-0.3, -0.25) is 14.6 Å². The van der Waals surface area contributed by atoms with Gasteiger partial charge in [0.2, 0.25) is 11.8 Å². The van der Waals surface area contributed by atoms with Gasteiger partial charge >= 0.3 is 0 Å². The minimum absolute atomic E-state index is 0.0563. The number of hydrogen-bond acceptors (Lipinski definition) is 3. The van der Waals surface area contributed by atoms with Crippen molar-refractivity contribution in [2.75, 3.05) is 13.1 Å². The van der Waals surface area contributed by atoms with Gasteiger partial charge in [-0.15, -0.1) is 0 Å². The van der Waals surface area contributed by atoms with E-state index in [-0.39, 0.29) is 17.9 Å². The summed E-state index contributed by atoms with van der Waals surface area (Å²) in [5.74, 6) is 0.213. The lowest BCUT2D eigenvalue weighted by molar-refractivity contribution is -0.142. The molecule has 2 amide bonds. The summed E-state index contributed by atoms with van der Waals surface area (Å²) in [5.41, 5.74) is 2.75. The number of likely N-dealkylation sites (tertiary alicyclic amines) is 1. The summed E-state index contributed by atoms with van der Waals surface area (Å²) in [6, 6.07) is 12.4. The molecule has 1 aliphatic rings. The van der Waals surface area contributed by atoms with Crippen molar-refractivity contribution in [3.63, 3.8) is 0 Å². The van der Waals surface area contributed by atoms with Gasteiger partial charge in [-0.25, -0.2) is 0 Å². The lowest BCUT2D eigenvalue weighted by Gasteiger charge is -2.42. The zero-order chi connectivity index (χ0) is 21.6. The van der Waals surface area contributed by atoms with E-state index in [4.69, 9.17) is 0 Å². The molecule has 1 aromatic carbocycles. The number of carbonyl (C=O) groups excluding carboxylic acids is 2. The number of piperidine rings is 1. The first kappa shape index (κ1) is 22.0. The van der Waals surface area contributed by atoms with Crippen LogP contribution in [0.1, 0.15) is 52.0 Å². The molecule has 160 valence electrons. The van der Waals surface area contributed by atoms with Gasteiger partial charge in [0.25, 0.3) is 0 Å². The second kappa shape index (κ2) is 9.88. The largest absolute Gasteiger partial charge is 0.353 e. The average molecular weight is 408 g/mol. The van der Waals surface area contributed by atoms with E-state index in [9.17, 15) is 9.59 Å². The van der Waals surface area contributed by atoms with Gasteiger partial charge < -0.3 is 10.2 Å². The standard InChI is InChI=1S/C25H33N3O2/c1-4-7-23(29)28-15-6-12-25(18-28,24(30)27-19(2)3)17-20-8-5-9-22(16-20)21-10-13-26-14-11-21/h5,8-11,13-14,16,19H,4,6-7,12,15,17-18H2,1-3H3,(H,27,30)/t25-/m0/s1. The SMILES string of the molecule is CCCC(=O)N1CCC[C@@](Cc2cccc(-c3ccncc3)c2)(C(=O)NC(C)C)C1. The van der Waals surface area contributed by atoms with Gasteiger partial charge in [-0.2, -0.15) is 0 Å². The number of nitrogens with one attached hydrogen (secondary N) is 1. The second-order valence-electron chi connectivity index (χ2n) is 8.69. The fourth-order valence-corrected chi connectivity index (χ4v) is 4.34. The molecular weight excluding hydrogens is 374 g/mol. The lowest BCUT2D eigenvalue weighted by Crippen LogP contribution is -2.55. The van der Waals surface area contributed by atoms with Crippen LogP contribution in [-0.4, -0.2) is 40.8 Å². The van der Waals surface area contributed by atoms with Crippen molar-refractivity contribution in [1.82, 2.24) is 15.2 Å². The maximum absolute atomic E-state index is 13.4. The van der Waals surface area contributed by atoms with Crippen molar-refractivity contribution in [2.45, 2.75) is 58.9 Å². The van der Waals surface area contributed by atoms with Crippen LogP contribution in [0.5, 0.6) is 0 Å². The maximum Gasteiger partial charge on any atom is 0.228 e. The zero-order valence-corrected chi connectivity index (χ0v) is 18.4. The molecule has 2 aromatic rings. The second-order valence-corrected chi connectivity index (χ2v) is 8.69. The van der Waals surface area contributed by atoms with Crippen LogP contribution in [0.15, 0.2) is 48.8 Å². The normalized spacial score (nSPS) is 19.0. The lowest BCUT2D eigenvalue weighted by atomic mass is 9.73. The highest BCUT2D eigenvalue weighted by molar-refractivity contribution is 5.85. The van der Waals surface area contributed by atoms with Crippen molar-refractivity contribution in [1.29, 1.82) is 0 Å². The highest BCUT2D eigenvalue weighted by Gasteiger charge is 2.43. The molecule has 0 aliphatic carbocycles. The predicted molar refractivity (Wildman–Crippen MR) is 120 cm³/mol. The number of rotatable bonds is 7. The molecule has 0 radical (unpaired) electrons. The minimum Gasteiger partial charge on any atom is -0.353 e. The molecule has 1 fully saturated rings. The fraction of sp³-hybridized carbons (Fsp3) is 0.480. The molecule has 5 nitrogen and oxygen atoms in total. The van der Waals surface area contributed by atoms with E-state index in [1.807, 2.05) is 43.9 Å². The van der Waals surface area contributed by atoms with Crippen molar-refractivity contribution < 1.29 is 9.59 Å². The molecule has 30 heavy (non-hydrogen) atoms. The van der Waals surface area contributed by atoms with Gasteiger partial charge in [-0.05, 0) is 68.4 Å². The Morgan fingerprint density at radius 2 is 1.93 bits per heavy atom. The minimum atomic E-state index is -0.594. The summed E-state index contributed by atoms with van der Waals surface area (Å²) in [4.78, 5) is 32.0. The van der Waals surface area contributed by atoms with Crippen molar-refractivity contribution >= 4 is 11.8 Å². The average Bonchev–Trinajstić information content (AvgIpc) is 2.74. The molecule has 3 rings (SSSR count). The molecule has 2 heterocycles. The van der Waals surface area contributed by atoms with E-state index >= 15 is 0 Å². The summed E-state index contributed by atoms with van der Waals surface area (Å²) >= 11 is 0. The van der Waals surface area contributed by atoms with Crippen molar-refractivity contribution in [3.8, 4) is 11.1 Å². The summed E-state index contributed by atoms with van der Waals surface area (Å²) in [6.07, 6.45) is 7.22. The van der Waals surface area contributed by atoms with E-state index in [0.29, 0.717) is 19.4 Å². The summed E-state index contributed by atoms with van der Waals surface area (Å²) < 4.78 is 0. The predicted octanol–water partition coefficient (Wildman–Crippen LogP) is 4.22. The Labute approximate surface area is 179 Å². The highest BCUT2D eigenvalue weighted by Crippen LogP contribution is 2.35. The molecule has 1 N–H and O–H groups in total. The van der Waals surface area contributed by atoms with Gasteiger partial charge in [-0.1, -0.05) is 31.2 Å². The fourth-order valence-electron chi connectivity index (χ4n) is 4.34. The Hall–Kier alpha value is -2.69. The van der Waals surface area contributed by atoms with E-state index in [2.05, 4.69) is 28.5 Å². The Bertz CT molecular complexity index is 866. The molecular formula is C25H33N3O2.